The van der Waals surface area contributed by atoms with E-state index in [-0.39, 0.29) is 5.91 Å². The van der Waals surface area contributed by atoms with Crippen molar-refractivity contribution < 1.29 is 9.53 Å². The van der Waals surface area contributed by atoms with Crippen LogP contribution in [0.4, 0.5) is 0 Å². The summed E-state index contributed by atoms with van der Waals surface area (Å²) in [5.74, 6) is 0.684. The summed E-state index contributed by atoms with van der Waals surface area (Å²) in [7, 11) is 0. The summed E-state index contributed by atoms with van der Waals surface area (Å²) < 4.78 is 7.49. The van der Waals surface area contributed by atoms with Crippen molar-refractivity contribution in [2.24, 2.45) is 0 Å². The van der Waals surface area contributed by atoms with E-state index in [1.165, 1.54) is 11.3 Å². The van der Waals surface area contributed by atoms with E-state index >= 15 is 0 Å². The van der Waals surface area contributed by atoms with Crippen molar-refractivity contribution >= 4 is 17.2 Å². The molecule has 0 fully saturated rings. The molecule has 2 heterocycles. The number of carbonyl (C=O) groups is 1. The van der Waals surface area contributed by atoms with Gasteiger partial charge in [0, 0.05) is 24.5 Å². The fourth-order valence-corrected chi connectivity index (χ4v) is 3.32. The minimum atomic E-state index is -0.116. The molecule has 0 aliphatic rings. The molecule has 6 heteroatoms. The molecule has 0 saturated carbocycles. The summed E-state index contributed by atoms with van der Waals surface area (Å²) in [6, 6.07) is 11.6. The van der Waals surface area contributed by atoms with Gasteiger partial charge >= 0.3 is 0 Å². The Morgan fingerprint density at radius 2 is 2.00 bits per heavy atom. The van der Waals surface area contributed by atoms with Crippen molar-refractivity contribution in [3.63, 3.8) is 0 Å². The topological polar surface area (TPSA) is 56.1 Å². The van der Waals surface area contributed by atoms with E-state index in [4.69, 9.17) is 4.74 Å². The van der Waals surface area contributed by atoms with Crippen LogP contribution in [0.5, 0.6) is 5.75 Å². The first-order valence-electron chi connectivity index (χ1n) is 7.78. The number of hydrogen-bond donors (Lipinski definition) is 1. The minimum absolute atomic E-state index is 0.116. The lowest BCUT2D eigenvalue weighted by molar-refractivity contribution is 0.0954. The number of para-hydroxylation sites is 1. The molecular weight excluding hydrogens is 322 g/mol. The van der Waals surface area contributed by atoms with Crippen molar-refractivity contribution in [3.05, 3.63) is 64.9 Å². The third-order valence-corrected chi connectivity index (χ3v) is 4.70. The minimum Gasteiger partial charge on any atom is -0.494 e. The second-order valence-corrected chi connectivity index (χ2v) is 6.20. The number of nitrogens with one attached hydrogen (secondary N) is 1. The molecule has 0 aliphatic carbocycles. The van der Waals surface area contributed by atoms with Crippen LogP contribution in [0.25, 0.3) is 5.13 Å². The lowest BCUT2D eigenvalue weighted by Gasteiger charge is -2.10. The van der Waals surface area contributed by atoms with Gasteiger partial charge in [-0.25, -0.2) is 4.98 Å². The van der Waals surface area contributed by atoms with E-state index < -0.39 is 0 Å². The Labute approximate surface area is 144 Å². The molecule has 3 aromatic rings. The SMILES string of the molecule is CCOc1ccccc1CNC(=O)c1sc(-n2cccc2)nc1C. The zero-order valence-corrected chi connectivity index (χ0v) is 14.5. The highest BCUT2D eigenvalue weighted by molar-refractivity contribution is 7.16. The summed E-state index contributed by atoms with van der Waals surface area (Å²) in [6.45, 7) is 4.82. The van der Waals surface area contributed by atoms with Crippen molar-refractivity contribution in [1.29, 1.82) is 0 Å². The second kappa shape index (κ2) is 7.31. The first-order chi connectivity index (χ1) is 11.7. The van der Waals surface area contributed by atoms with Crippen molar-refractivity contribution in [1.82, 2.24) is 14.9 Å². The average Bonchev–Trinajstić information content (AvgIpc) is 3.23. The molecule has 3 rings (SSSR count). The van der Waals surface area contributed by atoms with Gasteiger partial charge in [-0.2, -0.15) is 0 Å². The van der Waals surface area contributed by atoms with Gasteiger partial charge in [0.05, 0.1) is 12.3 Å². The second-order valence-electron chi connectivity index (χ2n) is 5.22. The Hall–Kier alpha value is -2.60. The van der Waals surface area contributed by atoms with Crippen LogP contribution in [0.2, 0.25) is 0 Å². The van der Waals surface area contributed by atoms with Gasteiger partial charge in [0.15, 0.2) is 5.13 Å². The van der Waals surface area contributed by atoms with Crippen LogP contribution in [0.1, 0.15) is 27.9 Å². The molecule has 0 aliphatic heterocycles. The number of aryl methyl sites for hydroxylation is 1. The average molecular weight is 341 g/mol. The van der Waals surface area contributed by atoms with E-state index in [9.17, 15) is 4.79 Å². The van der Waals surface area contributed by atoms with E-state index in [0.717, 1.165) is 22.1 Å². The Morgan fingerprint density at radius 3 is 2.75 bits per heavy atom. The van der Waals surface area contributed by atoms with E-state index in [0.29, 0.717) is 18.0 Å². The van der Waals surface area contributed by atoms with Gasteiger partial charge in [0.2, 0.25) is 0 Å². The third kappa shape index (κ3) is 3.49. The number of carbonyl (C=O) groups excluding carboxylic acids is 1. The highest BCUT2D eigenvalue weighted by atomic mass is 32.1. The summed E-state index contributed by atoms with van der Waals surface area (Å²) in [5, 5.41) is 3.74. The van der Waals surface area contributed by atoms with Crippen molar-refractivity contribution in [2.45, 2.75) is 20.4 Å². The molecule has 1 amide bonds. The Kier molecular flexibility index (Phi) is 4.96. The number of aromatic nitrogens is 2. The zero-order chi connectivity index (χ0) is 16.9. The van der Waals surface area contributed by atoms with Gasteiger partial charge in [-0.1, -0.05) is 29.5 Å². The van der Waals surface area contributed by atoms with Crippen molar-refractivity contribution in [2.75, 3.05) is 6.61 Å². The maximum Gasteiger partial charge on any atom is 0.263 e. The maximum absolute atomic E-state index is 12.5. The van der Waals surface area contributed by atoms with E-state index in [1.807, 2.05) is 67.2 Å². The molecular formula is C18H19N3O2S. The molecule has 0 saturated heterocycles. The van der Waals surface area contributed by atoms with Crippen LogP contribution in [0, 0.1) is 6.92 Å². The lowest BCUT2D eigenvalue weighted by Crippen LogP contribution is -2.23. The molecule has 0 atom stereocenters. The fraction of sp³-hybridized carbons (Fsp3) is 0.222. The summed E-state index contributed by atoms with van der Waals surface area (Å²) in [6.07, 6.45) is 3.83. The highest BCUT2D eigenvalue weighted by Gasteiger charge is 2.16. The van der Waals surface area contributed by atoms with Crippen LogP contribution in [0.3, 0.4) is 0 Å². The first-order valence-corrected chi connectivity index (χ1v) is 8.60. The predicted octanol–water partition coefficient (Wildman–Crippen LogP) is 3.57. The highest BCUT2D eigenvalue weighted by Crippen LogP contribution is 2.22. The number of thiazole rings is 1. The molecule has 0 unspecified atom stereocenters. The number of hydrogen-bond acceptors (Lipinski definition) is 4. The molecule has 0 bridgehead atoms. The van der Waals surface area contributed by atoms with E-state index in [1.54, 1.807) is 0 Å². The summed E-state index contributed by atoms with van der Waals surface area (Å²) in [4.78, 5) is 17.6. The Bertz CT molecular complexity index is 825. The molecule has 5 nitrogen and oxygen atoms in total. The maximum atomic E-state index is 12.5. The monoisotopic (exact) mass is 341 g/mol. The van der Waals surface area contributed by atoms with Gasteiger partial charge in [-0.15, -0.1) is 0 Å². The van der Waals surface area contributed by atoms with E-state index in [2.05, 4.69) is 10.3 Å². The number of ether oxygens (including phenoxy) is 1. The number of amides is 1. The van der Waals surface area contributed by atoms with Gasteiger partial charge < -0.3 is 14.6 Å². The molecule has 2 aromatic heterocycles. The van der Waals surface area contributed by atoms with Gasteiger partial charge in [-0.3, -0.25) is 4.79 Å². The third-order valence-electron chi connectivity index (χ3n) is 3.53. The molecule has 1 N–H and O–H groups in total. The van der Waals surface area contributed by atoms with Crippen LogP contribution >= 0.6 is 11.3 Å². The van der Waals surface area contributed by atoms with Gasteiger partial charge in [0.25, 0.3) is 5.91 Å². The largest absolute Gasteiger partial charge is 0.494 e. The summed E-state index contributed by atoms with van der Waals surface area (Å²) in [5.41, 5.74) is 1.69. The standard InChI is InChI=1S/C18H19N3O2S/c1-3-23-15-9-5-4-8-14(15)12-19-17(22)16-13(2)20-18(24-16)21-10-6-7-11-21/h4-11H,3,12H2,1-2H3,(H,19,22). The van der Waals surface area contributed by atoms with Crippen molar-refractivity contribution in [3.8, 4) is 10.9 Å². The molecule has 24 heavy (non-hydrogen) atoms. The number of rotatable bonds is 6. The number of nitrogens with zero attached hydrogens (tertiary/aromatic N) is 2. The molecule has 124 valence electrons. The van der Waals surface area contributed by atoms with Crippen LogP contribution < -0.4 is 10.1 Å². The zero-order valence-electron chi connectivity index (χ0n) is 13.7. The van der Waals surface area contributed by atoms with Gasteiger partial charge in [0.1, 0.15) is 10.6 Å². The normalized spacial score (nSPS) is 10.6. The first kappa shape index (κ1) is 16.3. The van der Waals surface area contributed by atoms with Crippen LogP contribution in [-0.2, 0) is 6.54 Å². The molecule has 0 spiro atoms. The van der Waals surface area contributed by atoms with Gasteiger partial charge in [-0.05, 0) is 32.0 Å². The fourth-order valence-electron chi connectivity index (χ4n) is 2.37. The lowest BCUT2D eigenvalue weighted by atomic mass is 10.2. The Balaban J connectivity index is 1.72. The Morgan fingerprint density at radius 1 is 1.25 bits per heavy atom. The number of benzene rings is 1. The molecule has 0 radical (unpaired) electrons. The quantitative estimate of drug-likeness (QED) is 0.746. The van der Waals surface area contributed by atoms with Crippen LogP contribution in [0.15, 0.2) is 48.8 Å². The van der Waals surface area contributed by atoms with Crippen LogP contribution in [-0.4, -0.2) is 22.1 Å². The predicted molar refractivity (Wildman–Crippen MR) is 95.0 cm³/mol. The smallest absolute Gasteiger partial charge is 0.263 e. The molecule has 1 aromatic carbocycles. The summed E-state index contributed by atoms with van der Waals surface area (Å²) >= 11 is 1.38.